The standard InChI is InChI=1S/C20H26N6O4S/c1-14-12-18(26-10-4-3-5-11-26)24-19(23-14)21-8-9-22-31(28,29)15-6-7-17-16(13-15)25(2)20(27)30-17/h6-7,12-13,22H,3-5,8-11H2,1-2H3,(H,21,23,24). The van der Waals surface area contributed by atoms with E-state index in [1.54, 1.807) is 0 Å². The number of aromatic nitrogens is 3. The second-order valence-corrected chi connectivity index (χ2v) is 9.39. The number of hydrogen-bond donors (Lipinski definition) is 2. The zero-order valence-electron chi connectivity index (χ0n) is 17.6. The molecule has 0 aliphatic carbocycles. The van der Waals surface area contributed by atoms with E-state index in [1.165, 1.54) is 36.2 Å². The van der Waals surface area contributed by atoms with Gasteiger partial charge in [-0.05, 0) is 44.4 Å². The SMILES string of the molecule is Cc1cc(N2CCCCC2)nc(NCCNS(=O)(=O)c2ccc3oc(=O)n(C)c3c2)n1. The summed E-state index contributed by atoms with van der Waals surface area (Å²) in [7, 11) is -2.21. The van der Waals surface area contributed by atoms with E-state index in [0.717, 1.165) is 37.4 Å². The minimum atomic E-state index is -3.74. The van der Waals surface area contributed by atoms with Gasteiger partial charge in [-0.15, -0.1) is 0 Å². The Bertz CT molecular complexity index is 1240. The van der Waals surface area contributed by atoms with Crippen molar-refractivity contribution < 1.29 is 12.8 Å². The summed E-state index contributed by atoms with van der Waals surface area (Å²) in [6, 6.07) is 6.28. The Morgan fingerprint density at radius 3 is 2.65 bits per heavy atom. The highest BCUT2D eigenvalue weighted by atomic mass is 32.2. The highest BCUT2D eigenvalue weighted by Gasteiger charge is 2.17. The summed E-state index contributed by atoms with van der Waals surface area (Å²) in [6.45, 7) is 4.38. The molecule has 11 heteroatoms. The lowest BCUT2D eigenvalue weighted by atomic mass is 10.1. The van der Waals surface area contributed by atoms with E-state index in [-0.39, 0.29) is 11.4 Å². The molecule has 0 amide bonds. The van der Waals surface area contributed by atoms with Crippen LogP contribution in [-0.4, -0.2) is 49.1 Å². The van der Waals surface area contributed by atoms with E-state index < -0.39 is 15.8 Å². The number of benzene rings is 1. The van der Waals surface area contributed by atoms with Gasteiger partial charge in [0.1, 0.15) is 5.82 Å². The first-order valence-corrected chi connectivity index (χ1v) is 11.8. The van der Waals surface area contributed by atoms with Crippen molar-refractivity contribution in [3.63, 3.8) is 0 Å². The molecule has 2 N–H and O–H groups in total. The van der Waals surface area contributed by atoms with Crippen LogP contribution >= 0.6 is 0 Å². The average molecular weight is 447 g/mol. The van der Waals surface area contributed by atoms with Crippen molar-refractivity contribution >= 4 is 32.9 Å². The zero-order valence-corrected chi connectivity index (χ0v) is 18.4. The maximum Gasteiger partial charge on any atom is 0.419 e. The number of fused-ring (bicyclic) bond motifs is 1. The Hall–Kier alpha value is -2.92. The maximum atomic E-state index is 12.6. The van der Waals surface area contributed by atoms with Gasteiger partial charge in [-0.3, -0.25) is 4.57 Å². The molecular weight excluding hydrogens is 420 g/mol. The summed E-state index contributed by atoms with van der Waals surface area (Å²) in [4.78, 5) is 22.9. The van der Waals surface area contributed by atoms with Gasteiger partial charge >= 0.3 is 5.76 Å². The van der Waals surface area contributed by atoms with Crippen LogP contribution in [0.2, 0.25) is 0 Å². The van der Waals surface area contributed by atoms with Crippen molar-refractivity contribution in [3.8, 4) is 0 Å². The van der Waals surface area contributed by atoms with Crippen LogP contribution in [0.4, 0.5) is 11.8 Å². The highest BCUT2D eigenvalue weighted by Crippen LogP contribution is 2.20. The summed E-state index contributed by atoms with van der Waals surface area (Å²) in [5.41, 5.74) is 1.62. The van der Waals surface area contributed by atoms with E-state index in [1.807, 2.05) is 13.0 Å². The zero-order chi connectivity index (χ0) is 22.0. The molecule has 0 atom stereocenters. The van der Waals surface area contributed by atoms with Crippen LogP contribution in [0.25, 0.3) is 11.1 Å². The lowest BCUT2D eigenvalue weighted by Gasteiger charge is -2.28. The molecule has 0 spiro atoms. The summed E-state index contributed by atoms with van der Waals surface area (Å²) >= 11 is 0. The molecule has 0 saturated carbocycles. The lowest BCUT2D eigenvalue weighted by Crippen LogP contribution is -2.31. The van der Waals surface area contributed by atoms with E-state index >= 15 is 0 Å². The Kier molecular flexibility index (Phi) is 5.96. The third kappa shape index (κ3) is 4.72. The number of aryl methyl sites for hydroxylation is 2. The van der Waals surface area contributed by atoms with Crippen LogP contribution in [0.15, 0.2) is 38.4 Å². The Morgan fingerprint density at radius 1 is 1.10 bits per heavy atom. The van der Waals surface area contributed by atoms with Crippen LogP contribution < -0.4 is 20.7 Å². The van der Waals surface area contributed by atoms with Crippen molar-refractivity contribution in [2.75, 3.05) is 36.4 Å². The van der Waals surface area contributed by atoms with Crippen molar-refractivity contribution in [1.82, 2.24) is 19.3 Å². The molecule has 3 aromatic rings. The third-order valence-corrected chi connectivity index (χ3v) is 6.75. The molecule has 0 radical (unpaired) electrons. The molecule has 3 heterocycles. The van der Waals surface area contributed by atoms with Gasteiger partial charge in [-0.1, -0.05) is 0 Å². The molecule has 1 saturated heterocycles. The minimum absolute atomic E-state index is 0.0654. The van der Waals surface area contributed by atoms with Crippen LogP contribution in [0.1, 0.15) is 25.0 Å². The van der Waals surface area contributed by atoms with Crippen LogP contribution in [0.3, 0.4) is 0 Å². The topological polar surface area (TPSA) is 122 Å². The number of sulfonamides is 1. The fraction of sp³-hybridized carbons (Fsp3) is 0.450. The molecule has 0 unspecified atom stereocenters. The Morgan fingerprint density at radius 2 is 1.87 bits per heavy atom. The fourth-order valence-corrected chi connectivity index (χ4v) is 4.68. The Balaban J connectivity index is 1.38. The summed E-state index contributed by atoms with van der Waals surface area (Å²) in [5, 5.41) is 3.09. The van der Waals surface area contributed by atoms with E-state index in [0.29, 0.717) is 23.6 Å². The van der Waals surface area contributed by atoms with E-state index in [9.17, 15) is 13.2 Å². The van der Waals surface area contributed by atoms with Gasteiger partial charge in [-0.2, -0.15) is 4.98 Å². The highest BCUT2D eigenvalue weighted by molar-refractivity contribution is 7.89. The molecule has 4 rings (SSSR count). The number of hydrogen-bond acceptors (Lipinski definition) is 8. The van der Waals surface area contributed by atoms with Crippen LogP contribution in [-0.2, 0) is 17.1 Å². The number of nitrogens with one attached hydrogen (secondary N) is 2. The first kappa shape index (κ1) is 21.3. The number of nitrogens with zero attached hydrogens (tertiary/aromatic N) is 4. The Labute approximate surface area is 180 Å². The van der Waals surface area contributed by atoms with Gasteiger partial charge < -0.3 is 14.6 Å². The van der Waals surface area contributed by atoms with Crippen LogP contribution in [0.5, 0.6) is 0 Å². The number of rotatable bonds is 7. The summed E-state index contributed by atoms with van der Waals surface area (Å²) in [5.74, 6) is 0.840. The number of oxazole rings is 1. The van der Waals surface area contributed by atoms with Crippen molar-refractivity contribution in [2.45, 2.75) is 31.1 Å². The molecule has 10 nitrogen and oxygen atoms in total. The van der Waals surface area contributed by atoms with Gasteiger partial charge in [0.2, 0.25) is 16.0 Å². The first-order chi connectivity index (χ1) is 14.8. The van der Waals surface area contributed by atoms with Gasteiger partial charge in [0, 0.05) is 45.0 Å². The van der Waals surface area contributed by atoms with Gasteiger partial charge in [0.05, 0.1) is 10.4 Å². The molecule has 31 heavy (non-hydrogen) atoms. The molecule has 0 bridgehead atoms. The smallest absolute Gasteiger partial charge is 0.408 e. The average Bonchev–Trinajstić information content (AvgIpc) is 3.05. The maximum absolute atomic E-state index is 12.6. The van der Waals surface area contributed by atoms with E-state index in [2.05, 4.69) is 24.9 Å². The van der Waals surface area contributed by atoms with Crippen molar-refractivity contribution in [2.24, 2.45) is 7.05 Å². The summed E-state index contributed by atoms with van der Waals surface area (Å²) in [6.07, 6.45) is 3.56. The number of piperidine rings is 1. The van der Waals surface area contributed by atoms with Crippen molar-refractivity contribution in [1.29, 1.82) is 0 Å². The molecule has 1 aliphatic rings. The monoisotopic (exact) mass is 446 g/mol. The molecule has 2 aromatic heterocycles. The first-order valence-electron chi connectivity index (χ1n) is 10.3. The third-order valence-electron chi connectivity index (χ3n) is 5.29. The summed E-state index contributed by atoms with van der Waals surface area (Å²) < 4.78 is 34.1. The molecule has 166 valence electrons. The lowest BCUT2D eigenvalue weighted by molar-refractivity contribution is 0.528. The van der Waals surface area contributed by atoms with E-state index in [4.69, 9.17) is 4.42 Å². The van der Waals surface area contributed by atoms with Crippen LogP contribution in [0, 0.1) is 6.92 Å². The van der Waals surface area contributed by atoms with Gasteiger partial charge in [-0.25, -0.2) is 22.9 Å². The van der Waals surface area contributed by atoms with Gasteiger partial charge in [0.25, 0.3) is 0 Å². The number of anilines is 2. The predicted octanol–water partition coefficient (Wildman–Crippen LogP) is 1.61. The normalized spacial score (nSPS) is 14.8. The minimum Gasteiger partial charge on any atom is -0.408 e. The predicted molar refractivity (Wildman–Crippen MR) is 118 cm³/mol. The molecular formula is C20H26N6O4S. The molecule has 1 aliphatic heterocycles. The van der Waals surface area contributed by atoms with Gasteiger partial charge in [0.15, 0.2) is 5.58 Å². The van der Waals surface area contributed by atoms with Crippen molar-refractivity contribution in [3.05, 3.63) is 40.5 Å². The second-order valence-electron chi connectivity index (χ2n) is 7.62. The quantitative estimate of drug-likeness (QED) is 0.525. The molecule has 1 aromatic carbocycles. The fourth-order valence-electron chi connectivity index (χ4n) is 3.63. The second kappa shape index (κ2) is 8.67. The largest absolute Gasteiger partial charge is 0.419 e. The molecule has 1 fully saturated rings.